The van der Waals surface area contributed by atoms with Gasteiger partial charge in [-0.25, -0.2) is 0 Å². The van der Waals surface area contributed by atoms with Crippen LogP contribution in [0.1, 0.15) is 52.7 Å². The summed E-state index contributed by atoms with van der Waals surface area (Å²) < 4.78 is 5.59. The fourth-order valence-corrected chi connectivity index (χ4v) is 2.08. The molecule has 1 aromatic carbocycles. The number of ether oxygens (including phenoxy) is 1. The van der Waals surface area contributed by atoms with Crippen molar-refractivity contribution < 1.29 is 9.84 Å². The molecule has 0 spiro atoms. The molecule has 0 saturated heterocycles. The Morgan fingerprint density at radius 2 is 1.58 bits per heavy atom. The molecule has 1 N–H and O–H groups in total. The standard InChI is InChI=1S/C17H28O2/c1-7-19-17(5,6)15(18)12-13-8-10-14(11-9-13)16(2,3)4/h8-11,15,18H,7,12H2,1-6H3. The molecule has 0 fully saturated rings. The number of benzene rings is 1. The molecule has 0 saturated carbocycles. The Bertz CT molecular complexity index is 385. The van der Waals surface area contributed by atoms with E-state index >= 15 is 0 Å². The fourth-order valence-electron chi connectivity index (χ4n) is 2.08. The lowest BCUT2D eigenvalue weighted by atomic mass is 9.86. The molecular formula is C17H28O2. The Morgan fingerprint density at radius 1 is 1.05 bits per heavy atom. The van der Waals surface area contributed by atoms with Crippen LogP contribution in [0.5, 0.6) is 0 Å². The van der Waals surface area contributed by atoms with E-state index in [9.17, 15) is 5.11 Å². The molecule has 1 rings (SSSR count). The van der Waals surface area contributed by atoms with Crippen LogP contribution in [0.25, 0.3) is 0 Å². The zero-order chi connectivity index (χ0) is 14.7. The second-order valence-electron chi connectivity index (χ2n) is 6.70. The largest absolute Gasteiger partial charge is 0.390 e. The number of hydrogen-bond donors (Lipinski definition) is 1. The van der Waals surface area contributed by atoms with Crippen molar-refractivity contribution >= 4 is 0 Å². The number of rotatable bonds is 5. The highest BCUT2D eigenvalue weighted by Crippen LogP contribution is 2.24. The first-order chi connectivity index (χ1) is 8.66. The molecule has 0 aliphatic rings. The van der Waals surface area contributed by atoms with Crippen LogP contribution >= 0.6 is 0 Å². The Hall–Kier alpha value is -0.860. The van der Waals surface area contributed by atoms with Crippen molar-refractivity contribution in [2.24, 2.45) is 0 Å². The van der Waals surface area contributed by atoms with Crippen molar-refractivity contribution in [1.82, 2.24) is 0 Å². The van der Waals surface area contributed by atoms with Crippen molar-refractivity contribution in [3.63, 3.8) is 0 Å². The van der Waals surface area contributed by atoms with Crippen LogP contribution in [0.2, 0.25) is 0 Å². The molecule has 0 radical (unpaired) electrons. The molecule has 2 heteroatoms. The summed E-state index contributed by atoms with van der Waals surface area (Å²) in [6, 6.07) is 8.50. The maximum atomic E-state index is 10.3. The molecular weight excluding hydrogens is 236 g/mol. The first kappa shape index (κ1) is 16.2. The van der Waals surface area contributed by atoms with E-state index in [-0.39, 0.29) is 5.41 Å². The summed E-state index contributed by atoms with van der Waals surface area (Å²) in [5, 5.41) is 10.3. The van der Waals surface area contributed by atoms with Gasteiger partial charge in [0.05, 0.1) is 11.7 Å². The maximum Gasteiger partial charge on any atom is 0.0887 e. The minimum Gasteiger partial charge on any atom is -0.390 e. The fraction of sp³-hybridized carbons (Fsp3) is 0.647. The Balaban J connectivity index is 2.73. The number of aliphatic hydroxyl groups is 1. The van der Waals surface area contributed by atoms with E-state index in [1.165, 1.54) is 5.56 Å². The van der Waals surface area contributed by atoms with Gasteiger partial charge in [0.15, 0.2) is 0 Å². The van der Waals surface area contributed by atoms with Crippen LogP contribution < -0.4 is 0 Å². The Morgan fingerprint density at radius 3 is 2.00 bits per heavy atom. The van der Waals surface area contributed by atoms with Crippen molar-refractivity contribution in [2.75, 3.05) is 6.61 Å². The van der Waals surface area contributed by atoms with Gasteiger partial charge in [0.2, 0.25) is 0 Å². The lowest BCUT2D eigenvalue weighted by Gasteiger charge is -2.30. The average molecular weight is 264 g/mol. The lowest BCUT2D eigenvalue weighted by molar-refractivity contribution is -0.0955. The molecule has 1 atom stereocenters. The lowest BCUT2D eigenvalue weighted by Crippen LogP contribution is -2.40. The van der Waals surface area contributed by atoms with Gasteiger partial charge in [0.1, 0.15) is 0 Å². The molecule has 0 amide bonds. The van der Waals surface area contributed by atoms with E-state index < -0.39 is 11.7 Å². The van der Waals surface area contributed by atoms with Crippen LogP contribution in [0.4, 0.5) is 0 Å². The van der Waals surface area contributed by atoms with Crippen LogP contribution in [-0.4, -0.2) is 23.4 Å². The zero-order valence-corrected chi connectivity index (χ0v) is 13.2. The zero-order valence-electron chi connectivity index (χ0n) is 13.2. The molecule has 19 heavy (non-hydrogen) atoms. The third-order valence-corrected chi connectivity index (χ3v) is 3.57. The van der Waals surface area contributed by atoms with Gasteiger partial charge in [-0.15, -0.1) is 0 Å². The van der Waals surface area contributed by atoms with Gasteiger partial charge >= 0.3 is 0 Å². The molecule has 0 aliphatic carbocycles. The highest BCUT2D eigenvalue weighted by Gasteiger charge is 2.28. The summed E-state index contributed by atoms with van der Waals surface area (Å²) in [6.45, 7) is 13.0. The van der Waals surface area contributed by atoms with Gasteiger partial charge in [0, 0.05) is 13.0 Å². The molecule has 0 heterocycles. The smallest absolute Gasteiger partial charge is 0.0887 e. The number of hydrogen-bond acceptors (Lipinski definition) is 2. The monoisotopic (exact) mass is 264 g/mol. The topological polar surface area (TPSA) is 29.5 Å². The predicted molar refractivity (Wildman–Crippen MR) is 80.6 cm³/mol. The van der Waals surface area contributed by atoms with Gasteiger partial charge in [-0.05, 0) is 37.3 Å². The van der Waals surface area contributed by atoms with E-state index in [1.54, 1.807) is 0 Å². The van der Waals surface area contributed by atoms with E-state index in [0.29, 0.717) is 13.0 Å². The van der Waals surface area contributed by atoms with Gasteiger partial charge < -0.3 is 9.84 Å². The molecule has 1 aromatic rings. The summed E-state index contributed by atoms with van der Waals surface area (Å²) in [6.07, 6.45) is 0.130. The van der Waals surface area contributed by atoms with E-state index in [1.807, 2.05) is 20.8 Å². The van der Waals surface area contributed by atoms with E-state index in [2.05, 4.69) is 45.0 Å². The number of aliphatic hydroxyl groups excluding tert-OH is 1. The van der Waals surface area contributed by atoms with Crippen molar-refractivity contribution in [1.29, 1.82) is 0 Å². The summed E-state index contributed by atoms with van der Waals surface area (Å²) in [4.78, 5) is 0. The van der Waals surface area contributed by atoms with Crippen LogP contribution in [-0.2, 0) is 16.6 Å². The van der Waals surface area contributed by atoms with Crippen LogP contribution in [0.15, 0.2) is 24.3 Å². The second-order valence-corrected chi connectivity index (χ2v) is 6.70. The Kier molecular flexibility index (Phi) is 5.17. The second kappa shape index (κ2) is 6.06. The molecule has 0 bridgehead atoms. The van der Waals surface area contributed by atoms with Gasteiger partial charge in [-0.3, -0.25) is 0 Å². The summed E-state index contributed by atoms with van der Waals surface area (Å²) in [7, 11) is 0. The highest BCUT2D eigenvalue weighted by atomic mass is 16.5. The van der Waals surface area contributed by atoms with Gasteiger partial charge in [0.25, 0.3) is 0 Å². The summed E-state index contributed by atoms with van der Waals surface area (Å²) in [5.74, 6) is 0. The van der Waals surface area contributed by atoms with Gasteiger partial charge in [-0.2, -0.15) is 0 Å². The molecule has 108 valence electrons. The molecule has 1 unspecified atom stereocenters. The first-order valence-corrected chi connectivity index (χ1v) is 7.08. The summed E-state index contributed by atoms with van der Waals surface area (Å²) in [5.41, 5.74) is 2.13. The van der Waals surface area contributed by atoms with Crippen molar-refractivity contribution in [3.8, 4) is 0 Å². The van der Waals surface area contributed by atoms with Crippen molar-refractivity contribution in [3.05, 3.63) is 35.4 Å². The normalized spacial score (nSPS) is 14.5. The SMILES string of the molecule is CCOC(C)(C)C(O)Cc1ccc(C(C)(C)C)cc1. The van der Waals surface area contributed by atoms with Gasteiger partial charge in [-0.1, -0.05) is 45.0 Å². The maximum absolute atomic E-state index is 10.3. The third-order valence-electron chi connectivity index (χ3n) is 3.57. The third kappa shape index (κ3) is 4.63. The van der Waals surface area contributed by atoms with Crippen LogP contribution in [0, 0.1) is 0 Å². The average Bonchev–Trinajstić information content (AvgIpc) is 2.28. The molecule has 2 nitrogen and oxygen atoms in total. The Labute approximate surface area is 117 Å². The minimum atomic E-state index is -0.503. The van der Waals surface area contributed by atoms with E-state index in [0.717, 1.165) is 5.56 Å². The van der Waals surface area contributed by atoms with Crippen molar-refractivity contribution in [2.45, 2.75) is 65.1 Å². The minimum absolute atomic E-state index is 0.168. The molecule has 0 aliphatic heterocycles. The quantitative estimate of drug-likeness (QED) is 0.878. The predicted octanol–water partition coefficient (Wildman–Crippen LogP) is 3.70. The highest BCUT2D eigenvalue weighted by molar-refractivity contribution is 5.28. The first-order valence-electron chi connectivity index (χ1n) is 7.08. The van der Waals surface area contributed by atoms with E-state index in [4.69, 9.17) is 4.74 Å². The molecule has 0 aromatic heterocycles. The summed E-state index contributed by atoms with van der Waals surface area (Å²) >= 11 is 0. The van der Waals surface area contributed by atoms with Crippen LogP contribution in [0.3, 0.4) is 0 Å².